The van der Waals surface area contributed by atoms with Gasteiger partial charge in [0.2, 0.25) is 0 Å². The van der Waals surface area contributed by atoms with Crippen LogP contribution in [0, 0.1) is 0 Å². The highest BCUT2D eigenvalue weighted by Crippen LogP contribution is 2.34. The van der Waals surface area contributed by atoms with Crippen molar-refractivity contribution in [2.24, 2.45) is 0 Å². The smallest absolute Gasteiger partial charge is 0.255 e. The van der Waals surface area contributed by atoms with Gasteiger partial charge in [0.15, 0.2) is 11.5 Å². The first-order valence-corrected chi connectivity index (χ1v) is 7.73. The first kappa shape index (κ1) is 17.7. The molecule has 1 atom stereocenters. The molecule has 0 aliphatic heterocycles. The first-order chi connectivity index (χ1) is 11.6. The standard InChI is InChI=1S/C19H23NO4/c1-13(14-8-6-5-7-9-14)12-20-19(21)15-10-17(23-3)18(24-4)11-16(15)22-2/h5-11,13H,12H2,1-4H3,(H,20,21)/t13-/m1/s1. The lowest BCUT2D eigenvalue weighted by atomic mass is 10.0. The van der Waals surface area contributed by atoms with E-state index >= 15 is 0 Å². The van der Waals surface area contributed by atoms with Crippen molar-refractivity contribution < 1.29 is 19.0 Å². The molecule has 0 radical (unpaired) electrons. The lowest BCUT2D eigenvalue weighted by Crippen LogP contribution is -2.28. The van der Waals surface area contributed by atoms with Gasteiger partial charge >= 0.3 is 0 Å². The normalized spacial score (nSPS) is 11.5. The van der Waals surface area contributed by atoms with Gasteiger partial charge in [-0.3, -0.25) is 4.79 Å². The van der Waals surface area contributed by atoms with Gasteiger partial charge in [-0.2, -0.15) is 0 Å². The van der Waals surface area contributed by atoms with E-state index in [1.807, 2.05) is 30.3 Å². The number of nitrogens with one attached hydrogen (secondary N) is 1. The number of carbonyl (C=O) groups is 1. The summed E-state index contributed by atoms with van der Waals surface area (Å²) in [6.45, 7) is 2.60. The highest BCUT2D eigenvalue weighted by Gasteiger charge is 2.18. The van der Waals surface area contributed by atoms with Gasteiger partial charge in [-0.25, -0.2) is 0 Å². The Balaban J connectivity index is 2.14. The summed E-state index contributed by atoms with van der Waals surface area (Å²) in [6.07, 6.45) is 0. The van der Waals surface area contributed by atoms with Crippen molar-refractivity contribution in [3.8, 4) is 17.2 Å². The highest BCUT2D eigenvalue weighted by atomic mass is 16.5. The van der Waals surface area contributed by atoms with Crippen LogP contribution in [0.1, 0.15) is 28.8 Å². The largest absolute Gasteiger partial charge is 0.496 e. The van der Waals surface area contributed by atoms with Crippen LogP contribution in [0.4, 0.5) is 0 Å². The Labute approximate surface area is 142 Å². The lowest BCUT2D eigenvalue weighted by molar-refractivity contribution is 0.0948. The van der Waals surface area contributed by atoms with Gasteiger partial charge < -0.3 is 19.5 Å². The fourth-order valence-corrected chi connectivity index (χ4v) is 2.45. The minimum absolute atomic E-state index is 0.210. The Morgan fingerprint density at radius 1 is 0.958 bits per heavy atom. The lowest BCUT2D eigenvalue weighted by Gasteiger charge is -2.16. The molecule has 0 aromatic heterocycles. The van der Waals surface area contributed by atoms with Crippen molar-refractivity contribution in [1.29, 1.82) is 0 Å². The van der Waals surface area contributed by atoms with E-state index in [9.17, 15) is 4.79 Å². The number of hydrogen-bond acceptors (Lipinski definition) is 4. The zero-order chi connectivity index (χ0) is 17.5. The van der Waals surface area contributed by atoms with E-state index in [2.05, 4.69) is 12.2 Å². The van der Waals surface area contributed by atoms with Crippen LogP contribution in [-0.2, 0) is 0 Å². The number of amides is 1. The molecular weight excluding hydrogens is 306 g/mol. The summed E-state index contributed by atoms with van der Waals surface area (Å²) in [6, 6.07) is 13.3. The summed E-state index contributed by atoms with van der Waals surface area (Å²) in [7, 11) is 4.59. The van der Waals surface area contributed by atoms with Crippen LogP contribution in [0.5, 0.6) is 17.2 Å². The van der Waals surface area contributed by atoms with Gasteiger partial charge in [0.25, 0.3) is 5.91 Å². The van der Waals surface area contributed by atoms with Gasteiger partial charge in [0, 0.05) is 18.7 Å². The van der Waals surface area contributed by atoms with Crippen LogP contribution in [-0.4, -0.2) is 33.8 Å². The molecule has 0 unspecified atom stereocenters. The first-order valence-electron chi connectivity index (χ1n) is 7.73. The molecule has 2 aromatic carbocycles. The highest BCUT2D eigenvalue weighted by molar-refractivity contribution is 5.97. The minimum atomic E-state index is -0.212. The topological polar surface area (TPSA) is 56.8 Å². The zero-order valence-electron chi connectivity index (χ0n) is 14.5. The molecule has 0 saturated heterocycles. The average molecular weight is 329 g/mol. The number of hydrogen-bond donors (Lipinski definition) is 1. The number of methoxy groups -OCH3 is 3. The SMILES string of the molecule is COc1cc(OC)c(C(=O)NC[C@@H](C)c2ccccc2)cc1OC. The van der Waals surface area contributed by atoms with Crippen molar-refractivity contribution in [3.63, 3.8) is 0 Å². The molecule has 2 aromatic rings. The van der Waals surface area contributed by atoms with E-state index in [4.69, 9.17) is 14.2 Å². The molecule has 0 aliphatic rings. The van der Waals surface area contributed by atoms with Gasteiger partial charge in [0.1, 0.15) is 5.75 Å². The predicted octanol–water partition coefficient (Wildman–Crippen LogP) is 3.25. The minimum Gasteiger partial charge on any atom is -0.496 e. The van der Waals surface area contributed by atoms with Crippen LogP contribution in [0.3, 0.4) is 0 Å². The molecule has 1 N–H and O–H groups in total. The Morgan fingerprint density at radius 2 is 1.54 bits per heavy atom. The van der Waals surface area contributed by atoms with Crippen LogP contribution in [0.25, 0.3) is 0 Å². The maximum absolute atomic E-state index is 12.5. The van der Waals surface area contributed by atoms with Gasteiger partial charge in [0.05, 0.1) is 26.9 Å². The predicted molar refractivity (Wildman–Crippen MR) is 93.3 cm³/mol. The Kier molecular flexibility index (Phi) is 6.07. The van der Waals surface area contributed by atoms with Crippen LogP contribution in [0.15, 0.2) is 42.5 Å². The van der Waals surface area contributed by atoms with Crippen molar-refractivity contribution in [1.82, 2.24) is 5.32 Å². The van der Waals surface area contributed by atoms with Crippen molar-refractivity contribution in [2.75, 3.05) is 27.9 Å². The summed E-state index contributed by atoms with van der Waals surface area (Å²) >= 11 is 0. The summed E-state index contributed by atoms with van der Waals surface area (Å²) in [5, 5.41) is 2.95. The quantitative estimate of drug-likeness (QED) is 0.847. The third-order valence-electron chi connectivity index (χ3n) is 3.89. The number of benzene rings is 2. The molecule has 0 saturated carbocycles. The molecule has 128 valence electrons. The summed E-state index contributed by atoms with van der Waals surface area (Å²) < 4.78 is 15.8. The Morgan fingerprint density at radius 3 is 2.12 bits per heavy atom. The van der Waals surface area contributed by atoms with Gasteiger partial charge in [-0.05, 0) is 11.5 Å². The number of carbonyl (C=O) groups excluding carboxylic acids is 1. The van der Waals surface area contributed by atoms with Crippen LogP contribution < -0.4 is 19.5 Å². The molecule has 0 bridgehead atoms. The molecule has 24 heavy (non-hydrogen) atoms. The second-order valence-electron chi connectivity index (χ2n) is 5.43. The van der Waals surface area contributed by atoms with Gasteiger partial charge in [-0.15, -0.1) is 0 Å². The Bertz CT molecular complexity index is 685. The zero-order valence-corrected chi connectivity index (χ0v) is 14.5. The monoisotopic (exact) mass is 329 g/mol. The summed E-state index contributed by atoms with van der Waals surface area (Å²) in [4.78, 5) is 12.5. The molecule has 5 nitrogen and oxygen atoms in total. The summed E-state index contributed by atoms with van der Waals surface area (Å²) in [5.41, 5.74) is 1.59. The van der Waals surface area contributed by atoms with Crippen LogP contribution >= 0.6 is 0 Å². The maximum Gasteiger partial charge on any atom is 0.255 e. The number of ether oxygens (including phenoxy) is 3. The second-order valence-corrected chi connectivity index (χ2v) is 5.43. The molecule has 2 rings (SSSR count). The van der Waals surface area contributed by atoms with E-state index in [0.29, 0.717) is 29.4 Å². The molecular formula is C19H23NO4. The van der Waals surface area contributed by atoms with E-state index in [-0.39, 0.29) is 11.8 Å². The number of rotatable bonds is 7. The summed E-state index contributed by atoms with van der Waals surface area (Å²) in [5.74, 6) is 1.44. The van der Waals surface area contributed by atoms with E-state index in [0.717, 1.165) is 0 Å². The molecule has 0 aliphatic carbocycles. The second kappa shape index (κ2) is 8.24. The average Bonchev–Trinajstić information content (AvgIpc) is 2.65. The van der Waals surface area contributed by atoms with Crippen molar-refractivity contribution in [3.05, 3.63) is 53.6 Å². The van der Waals surface area contributed by atoms with Crippen molar-refractivity contribution in [2.45, 2.75) is 12.8 Å². The molecule has 0 spiro atoms. The molecule has 0 fully saturated rings. The third kappa shape index (κ3) is 3.98. The maximum atomic E-state index is 12.5. The fraction of sp³-hybridized carbons (Fsp3) is 0.316. The van der Waals surface area contributed by atoms with E-state index in [1.54, 1.807) is 19.2 Å². The third-order valence-corrected chi connectivity index (χ3v) is 3.89. The fourth-order valence-electron chi connectivity index (χ4n) is 2.45. The molecule has 0 heterocycles. The van der Waals surface area contributed by atoms with Crippen LogP contribution in [0.2, 0.25) is 0 Å². The molecule has 5 heteroatoms. The molecule has 1 amide bonds. The van der Waals surface area contributed by atoms with Crippen molar-refractivity contribution >= 4 is 5.91 Å². The van der Waals surface area contributed by atoms with Gasteiger partial charge in [-0.1, -0.05) is 37.3 Å². The van der Waals surface area contributed by atoms with E-state index in [1.165, 1.54) is 19.8 Å². The Hall–Kier alpha value is -2.69. The van der Waals surface area contributed by atoms with E-state index < -0.39 is 0 Å².